The molecule has 1 unspecified atom stereocenters. The maximum atomic E-state index is 10.2. The van der Waals surface area contributed by atoms with Gasteiger partial charge in [-0.3, -0.25) is 0 Å². The van der Waals surface area contributed by atoms with Gasteiger partial charge in [0.05, 0.1) is 13.7 Å². The third kappa shape index (κ3) is 3.81. The van der Waals surface area contributed by atoms with Crippen molar-refractivity contribution in [2.75, 3.05) is 13.7 Å². The molecule has 0 saturated heterocycles. The molecular weight excluding hydrogens is 328 g/mol. The van der Waals surface area contributed by atoms with Crippen LogP contribution in [0.4, 0.5) is 0 Å². The second kappa shape index (κ2) is 7.93. The van der Waals surface area contributed by atoms with Crippen molar-refractivity contribution in [3.8, 4) is 17.2 Å². The lowest BCUT2D eigenvalue weighted by Crippen LogP contribution is -2.16. The molecule has 0 spiro atoms. The Morgan fingerprint density at radius 1 is 0.692 bits per heavy atom. The first-order chi connectivity index (χ1) is 12.6. The Morgan fingerprint density at radius 2 is 1.12 bits per heavy atom. The summed E-state index contributed by atoms with van der Waals surface area (Å²) in [5, 5.41) is 29.4. The number of aromatic hydroxyl groups is 2. The van der Waals surface area contributed by atoms with Gasteiger partial charge < -0.3 is 20.1 Å². The maximum Gasteiger partial charge on any atom is 0.118 e. The van der Waals surface area contributed by atoms with Gasteiger partial charge in [-0.15, -0.1) is 0 Å². The van der Waals surface area contributed by atoms with E-state index >= 15 is 0 Å². The number of rotatable bonds is 6. The van der Waals surface area contributed by atoms with E-state index in [0.29, 0.717) is 0 Å². The van der Waals surface area contributed by atoms with Crippen LogP contribution in [0.1, 0.15) is 28.5 Å². The number of ether oxygens (including phenoxy) is 1. The SMILES string of the molecule is COc1ccc(C(CO)C(c2ccc(O)cc2)c2ccc(O)cc2)cc1. The summed E-state index contributed by atoms with van der Waals surface area (Å²) in [5.74, 6) is 0.840. The number of phenols is 2. The molecule has 0 saturated carbocycles. The number of hydrogen-bond donors (Lipinski definition) is 3. The van der Waals surface area contributed by atoms with Crippen molar-refractivity contribution in [1.29, 1.82) is 0 Å². The van der Waals surface area contributed by atoms with Crippen LogP contribution >= 0.6 is 0 Å². The van der Waals surface area contributed by atoms with E-state index in [0.717, 1.165) is 22.4 Å². The second-order valence-electron chi connectivity index (χ2n) is 6.22. The Balaban J connectivity index is 2.07. The fourth-order valence-electron chi connectivity index (χ4n) is 3.27. The predicted octanol–water partition coefficient (Wildman–Crippen LogP) is 4.01. The third-order valence-corrected chi connectivity index (χ3v) is 4.65. The highest BCUT2D eigenvalue weighted by atomic mass is 16.5. The number of benzene rings is 3. The summed E-state index contributed by atoms with van der Waals surface area (Å²) in [6.07, 6.45) is 0. The van der Waals surface area contributed by atoms with E-state index in [-0.39, 0.29) is 29.9 Å². The van der Waals surface area contributed by atoms with Crippen LogP contribution in [0.2, 0.25) is 0 Å². The summed E-state index contributed by atoms with van der Waals surface area (Å²) in [4.78, 5) is 0. The topological polar surface area (TPSA) is 69.9 Å². The molecule has 134 valence electrons. The first-order valence-corrected chi connectivity index (χ1v) is 8.45. The van der Waals surface area contributed by atoms with E-state index in [2.05, 4.69) is 0 Å². The van der Waals surface area contributed by atoms with Gasteiger partial charge in [0, 0.05) is 11.8 Å². The van der Waals surface area contributed by atoms with Crippen LogP contribution in [0.3, 0.4) is 0 Å². The average Bonchev–Trinajstić information content (AvgIpc) is 2.68. The van der Waals surface area contributed by atoms with Crippen LogP contribution in [0.15, 0.2) is 72.8 Å². The monoisotopic (exact) mass is 350 g/mol. The minimum absolute atomic E-state index is 0.0429. The fraction of sp³-hybridized carbons (Fsp3) is 0.182. The van der Waals surface area contributed by atoms with Gasteiger partial charge in [0.1, 0.15) is 17.2 Å². The molecule has 0 aliphatic heterocycles. The van der Waals surface area contributed by atoms with Crippen molar-refractivity contribution >= 4 is 0 Å². The van der Waals surface area contributed by atoms with Crippen LogP contribution in [0.25, 0.3) is 0 Å². The Labute approximate surface area is 153 Å². The van der Waals surface area contributed by atoms with Crippen molar-refractivity contribution in [1.82, 2.24) is 0 Å². The summed E-state index contributed by atoms with van der Waals surface area (Å²) in [5.41, 5.74) is 2.94. The van der Waals surface area contributed by atoms with Gasteiger partial charge in [0.25, 0.3) is 0 Å². The molecule has 3 aromatic carbocycles. The van der Waals surface area contributed by atoms with Crippen molar-refractivity contribution in [3.05, 3.63) is 89.5 Å². The molecule has 4 nitrogen and oxygen atoms in total. The van der Waals surface area contributed by atoms with Crippen LogP contribution in [0.5, 0.6) is 17.2 Å². The van der Waals surface area contributed by atoms with E-state index in [4.69, 9.17) is 4.74 Å². The zero-order valence-electron chi connectivity index (χ0n) is 14.5. The Kier molecular flexibility index (Phi) is 5.44. The lowest BCUT2D eigenvalue weighted by atomic mass is 9.77. The molecule has 3 aromatic rings. The molecule has 0 heterocycles. The van der Waals surface area contributed by atoms with Crippen molar-refractivity contribution in [2.24, 2.45) is 0 Å². The number of phenolic OH excluding ortho intramolecular Hbond substituents is 2. The van der Waals surface area contributed by atoms with E-state index in [1.54, 1.807) is 31.4 Å². The summed E-state index contributed by atoms with van der Waals surface area (Å²) in [7, 11) is 1.62. The van der Waals surface area contributed by atoms with Gasteiger partial charge in [-0.25, -0.2) is 0 Å². The highest BCUT2D eigenvalue weighted by Gasteiger charge is 2.26. The smallest absolute Gasteiger partial charge is 0.118 e. The zero-order valence-corrected chi connectivity index (χ0v) is 14.5. The van der Waals surface area contributed by atoms with E-state index in [1.165, 1.54) is 0 Å². The van der Waals surface area contributed by atoms with E-state index in [9.17, 15) is 15.3 Å². The molecule has 0 aliphatic carbocycles. The fourth-order valence-corrected chi connectivity index (χ4v) is 3.27. The van der Waals surface area contributed by atoms with Crippen molar-refractivity contribution in [3.63, 3.8) is 0 Å². The van der Waals surface area contributed by atoms with E-state index < -0.39 is 0 Å². The Hall–Kier alpha value is -2.98. The van der Waals surface area contributed by atoms with Gasteiger partial charge in [0.2, 0.25) is 0 Å². The molecule has 0 fully saturated rings. The first kappa shape index (κ1) is 17.8. The molecular formula is C22H22O4. The average molecular weight is 350 g/mol. The third-order valence-electron chi connectivity index (χ3n) is 4.65. The van der Waals surface area contributed by atoms with Gasteiger partial charge in [-0.1, -0.05) is 36.4 Å². The number of methoxy groups -OCH3 is 1. The minimum atomic E-state index is -0.185. The summed E-state index contributed by atoms with van der Waals surface area (Å²) >= 11 is 0. The zero-order chi connectivity index (χ0) is 18.5. The predicted molar refractivity (Wildman–Crippen MR) is 101 cm³/mol. The molecule has 4 heteroatoms. The lowest BCUT2D eigenvalue weighted by molar-refractivity contribution is 0.255. The lowest BCUT2D eigenvalue weighted by Gasteiger charge is -2.27. The maximum absolute atomic E-state index is 10.2. The summed E-state index contributed by atoms with van der Waals surface area (Å²) in [6.45, 7) is -0.0429. The molecule has 0 radical (unpaired) electrons. The summed E-state index contributed by atoms with van der Waals surface area (Å²) in [6, 6.07) is 21.7. The van der Waals surface area contributed by atoms with Gasteiger partial charge in [0.15, 0.2) is 0 Å². The minimum Gasteiger partial charge on any atom is -0.508 e. The van der Waals surface area contributed by atoms with Crippen LogP contribution < -0.4 is 4.74 Å². The molecule has 0 bridgehead atoms. The highest BCUT2D eigenvalue weighted by molar-refractivity contribution is 5.42. The Bertz CT molecular complexity index is 778. The molecule has 0 aromatic heterocycles. The normalized spacial score (nSPS) is 12.1. The highest BCUT2D eigenvalue weighted by Crippen LogP contribution is 2.39. The standard InChI is InChI=1S/C22H22O4/c1-26-20-12-6-15(7-13-20)21(14-23)22(16-2-8-18(24)9-3-16)17-4-10-19(25)11-5-17/h2-13,21-25H,14H2,1H3. The molecule has 0 amide bonds. The van der Waals surface area contributed by atoms with Crippen molar-refractivity contribution in [2.45, 2.75) is 11.8 Å². The molecule has 26 heavy (non-hydrogen) atoms. The molecule has 3 N–H and O–H groups in total. The van der Waals surface area contributed by atoms with Crippen LogP contribution in [-0.2, 0) is 0 Å². The second-order valence-corrected chi connectivity index (χ2v) is 6.22. The molecule has 0 aliphatic rings. The van der Waals surface area contributed by atoms with Gasteiger partial charge >= 0.3 is 0 Å². The molecule has 1 atom stereocenters. The molecule has 3 rings (SSSR count). The largest absolute Gasteiger partial charge is 0.508 e. The summed E-state index contributed by atoms with van der Waals surface area (Å²) < 4.78 is 5.22. The number of hydrogen-bond acceptors (Lipinski definition) is 4. The van der Waals surface area contributed by atoms with Crippen LogP contribution in [0, 0.1) is 0 Å². The van der Waals surface area contributed by atoms with E-state index in [1.807, 2.05) is 48.5 Å². The van der Waals surface area contributed by atoms with Crippen molar-refractivity contribution < 1.29 is 20.1 Å². The quantitative estimate of drug-likeness (QED) is 0.628. The van der Waals surface area contributed by atoms with Crippen LogP contribution in [-0.4, -0.2) is 29.0 Å². The number of aliphatic hydroxyl groups excluding tert-OH is 1. The first-order valence-electron chi connectivity index (χ1n) is 8.45. The van der Waals surface area contributed by atoms with Gasteiger partial charge in [-0.2, -0.15) is 0 Å². The number of aliphatic hydroxyl groups is 1. The van der Waals surface area contributed by atoms with Gasteiger partial charge in [-0.05, 0) is 53.1 Å². The Morgan fingerprint density at radius 3 is 1.50 bits per heavy atom.